The molecule has 2 amide bonds. The van der Waals surface area contributed by atoms with Crippen molar-refractivity contribution in [1.82, 2.24) is 30.1 Å². The Hall–Kier alpha value is -4.22. The Morgan fingerprint density at radius 3 is 2.36 bits per heavy atom. The summed E-state index contributed by atoms with van der Waals surface area (Å²) in [5.41, 5.74) is 0.755. The molecular formula is C31H34N6O5. The van der Waals surface area contributed by atoms with Crippen molar-refractivity contribution in [1.29, 1.82) is 0 Å². The quantitative estimate of drug-likeness (QED) is 0.389. The van der Waals surface area contributed by atoms with Gasteiger partial charge in [0.2, 0.25) is 5.91 Å². The minimum Gasteiger partial charge on any atom is -0.478 e. The first-order chi connectivity index (χ1) is 20.3. The summed E-state index contributed by atoms with van der Waals surface area (Å²) in [4.78, 5) is 54.4. The molecule has 2 aliphatic heterocycles. The lowest BCUT2D eigenvalue weighted by molar-refractivity contribution is -0.130. The number of carboxylic acid groups (broad SMARTS) is 1. The van der Waals surface area contributed by atoms with Gasteiger partial charge in [0.05, 0.1) is 17.8 Å². The van der Waals surface area contributed by atoms with Gasteiger partial charge in [-0.05, 0) is 74.9 Å². The number of aromatic carboxylic acids is 1. The fourth-order valence-corrected chi connectivity index (χ4v) is 6.85. The molecule has 1 aliphatic carbocycles. The van der Waals surface area contributed by atoms with Crippen molar-refractivity contribution < 1.29 is 24.6 Å². The third-order valence-corrected chi connectivity index (χ3v) is 9.03. The second-order valence-corrected chi connectivity index (χ2v) is 11.4. The fraction of sp³-hybridized carbons (Fsp3) is 0.419. The van der Waals surface area contributed by atoms with Gasteiger partial charge in [0.15, 0.2) is 5.82 Å². The highest BCUT2D eigenvalue weighted by Gasteiger charge is 2.48. The minimum absolute atomic E-state index is 0.0240. The standard InChI is InChI=1S/C31H34N6O5/c38-27(19-35-29(39)20-3-1-4-21(17-20)30(40)41)37-16-10-24-25(37)9-15-36(24)23-7-11-31(42,12-8-23)26-6-5-22(18-34-26)28-32-13-2-14-33-28/h1-6,13-14,17-18,23-25,42H,7-12,15-16,19H2,(H,35,39)(H,40,41). The smallest absolute Gasteiger partial charge is 0.335 e. The number of nitrogens with one attached hydrogen (secondary N) is 1. The normalized spacial score (nSPS) is 25.6. The first-order valence-corrected chi connectivity index (χ1v) is 14.5. The summed E-state index contributed by atoms with van der Waals surface area (Å²) in [6.45, 7) is 1.42. The van der Waals surface area contributed by atoms with Crippen molar-refractivity contribution in [3.8, 4) is 11.4 Å². The summed E-state index contributed by atoms with van der Waals surface area (Å²) in [6.07, 6.45) is 9.82. The molecule has 3 fully saturated rings. The van der Waals surface area contributed by atoms with Crippen LogP contribution < -0.4 is 5.32 Å². The van der Waals surface area contributed by atoms with E-state index >= 15 is 0 Å². The number of likely N-dealkylation sites (tertiary alicyclic amines) is 2. The van der Waals surface area contributed by atoms with Crippen molar-refractivity contribution >= 4 is 17.8 Å². The number of rotatable bonds is 7. The van der Waals surface area contributed by atoms with Gasteiger partial charge in [0, 0.05) is 60.9 Å². The fourth-order valence-electron chi connectivity index (χ4n) is 6.85. The summed E-state index contributed by atoms with van der Waals surface area (Å²) in [5, 5.41) is 23.3. The van der Waals surface area contributed by atoms with Crippen molar-refractivity contribution in [3.05, 3.63) is 77.9 Å². The molecule has 11 nitrogen and oxygen atoms in total. The van der Waals surface area contributed by atoms with E-state index in [0.717, 1.165) is 37.8 Å². The molecule has 3 aliphatic rings. The van der Waals surface area contributed by atoms with Gasteiger partial charge in [0.25, 0.3) is 5.91 Å². The number of amides is 2. The molecule has 2 atom stereocenters. The molecule has 42 heavy (non-hydrogen) atoms. The Bertz CT molecular complexity index is 1460. The molecule has 11 heteroatoms. The third kappa shape index (κ3) is 5.49. The molecule has 0 radical (unpaired) electrons. The van der Waals surface area contributed by atoms with Crippen LogP contribution in [0.1, 0.15) is 64.9 Å². The molecule has 2 aromatic heterocycles. The zero-order chi connectivity index (χ0) is 29.3. The first-order valence-electron chi connectivity index (χ1n) is 14.5. The monoisotopic (exact) mass is 570 g/mol. The topological polar surface area (TPSA) is 149 Å². The van der Waals surface area contributed by atoms with Crippen LogP contribution in [-0.2, 0) is 10.4 Å². The van der Waals surface area contributed by atoms with Crippen molar-refractivity contribution in [2.75, 3.05) is 19.6 Å². The van der Waals surface area contributed by atoms with Crippen LogP contribution in [0.2, 0.25) is 0 Å². The maximum atomic E-state index is 13.1. The van der Waals surface area contributed by atoms with Crippen LogP contribution in [0, 0.1) is 0 Å². The van der Waals surface area contributed by atoms with Gasteiger partial charge in [-0.25, -0.2) is 14.8 Å². The number of nitrogens with zero attached hydrogens (tertiary/aromatic N) is 5. The number of hydrogen-bond donors (Lipinski definition) is 3. The summed E-state index contributed by atoms with van der Waals surface area (Å²) < 4.78 is 0. The van der Waals surface area contributed by atoms with Gasteiger partial charge in [-0.2, -0.15) is 0 Å². The van der Waals surface area contributed by atoms with Crippen LogP contribution in [0.25, 0.3) is 11.4 Å². The number of benzene rings is 1. The number of carbonyl (C=O) groups is 3. The average Bonchev–Trinajstić information content (AvgIpc) is 3.64. The summed E-state index contributed by atoms with van der Waals surface area (Å²) in [7, 11) is 0. The number of carbonyl (C=O) groups excluding carboxylic acids is 2. The lowest BCUT2D eigenvalue weighted by Crippen LogP contribution is -2.47. The molecule has 3 N–H and O–H groups in total. The van der Waals surface area contributed by atoms with Gasteiger partial charge in [-0.1, -0.05) is 6.07 Å². The van der Waals surface area contributed by atoms with E-state index in [4.69, 9.17) is 5.11 Å². The number of aromatic nitrogens is 3. The Balaban J connectivity index is 1.02. The van der Waals surface area contributed by atoms with E-state index in [1.807, 2.05) is 17.0 Å². The highest BCUT2D eigenvalue weighted by Crippen LogP contribution is 2.42. The average molecular weight is 571 g/mol. The van der Waals surface area contributed by atoms with Gasteiger partial charge < -0.3 is 20.4 Å². The van der Waals surface area contributed by atoms with Crippen LogP contribution in [0.4, 0.5) is 0 Å². The zero-order valence-corrected chi connectivity index (χ0v) is 23.2. The largest absolute Gasteiger partial charge is 0.478 e. The van der Waals surface area contributed by atoms with Crippen LogP contribution in [0.3, 0.4) is 0 Å². The highest BCUT2D eigenvalue weighted by atomic mass is 16.4. The van der Waals surface area contributed by atoms with Crippen molar-refractivity contribution in [2.24, 2.45) is 0 Å². The van der Waals surface area contributed by atoms with Gasteiger partial charge in [-0.3, -0.25) is 19.5 Å². The molecule has 1 aromatic carbocycles. The summed E-state index contributed by atoms with van der Waals surface area (Å²) in [6, 6.07) is 12.0. The Morgan fingerprint density at radius 1 is 0.905 bits per heavy atom. The molecule has 0 bridgehead atoms. The Labute approximate surface area is 243 Å². The van der Waals surface area contributed by atoms with E-state index in [2.05, 4.69) is 25.2 Å². The predicted octanol–water partition coefficient (Wildman–Crippen LogP) is 2.47. The highest BCUT2D eigenvalue weighted by molar-refractivity contribution is 5.99. The number of aliphatic hydroxyl groups is 1. The molecule has 3 aromatic rings. The van der Waals surface area contributed by atoms with Gasteiger partial charge in [-0.15, -0.1) is 0 Å². The van der Waals surface area contributed by atoms with Crippen LogP contribution in [0.5, 0.6) is 0 Å². The molecular weight excluding hydrogens is 536 g/mol. The van der Waals surface area contributed by atoms with Crippen molar-refractivity contribution in [2.45, 2.75) is 62.3 Å². The predicted molar refractivity (Wildman–Crippen MR) is 152 cm³/mol. The molecule has 6 rings (SSSR count). The van der Waals surface area contributed by atoms with Crippen LogP contribution >= 0.6 is 0 Å². The molecule has 218 valence electrons. The van der Waals surface area contributed by atoms with Crippen LogP contribution in [-0.4, -0.2) is 90.5 Å². The van der Waals surface area contributed by atoms with E-state index in [-0.39, 0.29) is 35.7 Å². The van der Waals surface area contributed by atoms with Gasteiger partial charge >= 0.3 is 5.97 Å². The molecule has 2 unspecified atom stereocenters. The number of carboxylic acids is 1. The van der Waals surface area contributed by atoms with E-state index in [0.29, 0.717) is 36.9 Å². The lowest BCUT2D eigenvalue weighted by atomic mass is 9.79. The van der Waals surface area contributed by atoms with E-state index in [1.165, 1.54) is 24.3 Å². The Morgan fingerprint density at radius 2 is 1.64 bits per heavy atom. The summed E-state index contributed by atoms with van der Waals surface area (Å²) in [5.74, 6) is -1.10. The van der Waals surface area contributed by atoms with E-state index < -0.39 is 17.5 Å². The molecule has 2 saturated heterocycles. The minimum atomic E-state index is -1.11. The van der Waals surface area contributed by atoms with Crippen LogP contribution in [0.15, 0.2) is 61.1 Å². The number of pyridine rings is 1. The third-order valence-electron chi connectivity index (χ3n) is 9.03. The Kier molecular flexibility index (Phi) is 7.70. The lowest BCUT2D eigenvalue weighted by Gasteiger charge is -2.41. The second-order valence-electron chi connectivity index (χ2n) is 11.4. The SMILES string of the molecule is O=C(O)c1cccc(C(=O)NCC(=O)N2CCC3C2CCN3C2CCC(O)(c3ccc(-c4ncccn4)cn3)CC2)c1. The second kappa shape index (κ2) is 11.6. The van der Waals surface area contributed by atoms with Gasteiger partial charge in [0.1, 0.15) is 5.60 Å². The van der Waals surface area contributed by atoms with E-state index in [9.17, 15) is 19.5 Å². The molecule has 4 heterocycles. The molecule has 1 saturated carbocycles. The number of fused-ring (bicyclic) bond motifs is 1. The molecule has 0 spiro atoms. The van der Waals surface area contributed by atoms with E-state index in [1.54, 1.807) is 24.7 Å². The van der Waals surface area contributed by atoms with Crippen molar-refractivity contribution in [3.63, 3.8) is 0 Å². The maximum Gasteiger partial charge on any atom is 0.335 e. The zero-order valence-electron chi connectivity index (χ0n) is 23.2. The first kappa shape index (κ1) is 27.9. The number of hydrogen-bond acceptors (Lipinski definition) is 8. The summed E-state index contributed by atoms with van der Waals surface area (Å²) >= 11 is 0. The maximum absolute atomic E-state index is 13.1.